The predicted molar refractivity (Wildman–Crippen MR) is 80.5 cm³/mol. The fraction of sp³-hybridized carbons (Fsp3) is 0.357. The van der Waals surface area contributed by atoms with Gasteiger partial charge in [0.1, 0.15) is 0 Å². The fourth-order valence-electron chi connectivity index (χ4n) is 2.29. The third-order valence-electron chi connectivity index (χ3n) is 3.20. The lowest BCUT2D eigenvalue weighted by Crippen LogP contribution is -2.32. The summed E-state index contributed by atoms with van der Waals surface area (Å²) >= 11 is 5.86. The molecule has 1 aliphatic rings. The maximum atomic E-state index is 12.0. The highest BCUT2D eigenvalue weighted by Crippen LogP contribution is 2.36. The van der Waals surface area contributed by atoms with E-state index < -0.39 is 22.0 Å². The largest absolute Gasteiger partial charge is 0.463 e. The molecule has 5 nitrogen and oxygen atoms in total. The van der Waals surface area contributed by atoms with Gasteiger partial charge in [-0.2, -0.15) is 4.31 Å². The second-order valence-corrected chi connectivity index (χ2v) is 7.04. The van der Waals surface area contributed by atoms with E-state index in [4.69, 9.17) is 16.3 Å². The van der Waals surface area contributed by atoms with Crippen LogP contribution in [0.15, 0.2) is 35.9 Å². The minimum atomic E-state index is -3.45. The molecule has 1 unspecified atom stereocenters. The Morgan fingerprint density at radius 3 is 2.52 bits per heavy atom. The van der Waals surface area contributed by atoms with E-state index in [-0.39, 0.29) is 13.2 Å². The topological polar surface area (TPSA) is 63.7 Å². The summed E-state index contributed by atoms with van der Waals surface area (Å²) in [5.74, 6) is -0.497. The lowest BCUT2D eigenvalue weighted by molar-refractivity contribution is -0.138. The minimum Gasteiger partial charge on any atom is -0.463 e. The Labute approximate surface area is 129 Å². The Hall–Kier alpha value is -1.37. The van der Waals surface area contributed by atoms with Crippen LogP contribution in [0.2, 0.25) is 5.02 Å². The highest BCUT2D eigenvalue weighted by Gasteiger charge is 2.38. The molecule has 0 N–H and O–H groups in total. The number of carbonyl (C=O) groups excluding carboxylic acids is 1. The van der Waals surface area contributed by atoms with Crippen molar-refractivity contribution in [3.63, 3.8) is 0 Å². The molecule has 1 atom stereocenters. The monoisotopic (exact) mass is 329 g/mol. The van der Waals surface area contributed by atoms with Crippen molar-refractivity contribution < 1.29 is 17.9 Å². The quantitative estimate of drug-likeness (QED) is 0.794. The first kappa shape index (κ1) is 16.0. The van der Waals surface area contributed by atoms with Crippen LogP contribution in [-0.2, 0) is 19.6 Å². The summed E-state index contributed by atoms with van der Waals surface area (Å²) in [5.41, 5.74) is 1.02. The molecule has 0 bridgehead atoms. The molecule has 0 aromatic heterocycles. The van der Waals surface area contributed by atoms with Crippen molar-refractivity contribution in [2.45, 2.75) is 13.0 Å². The molecule has 1 aromatic rings. The number of halogens is 1. The summed E-state index contributed by atoms with van der Waals surface area (Å²) in [6, 6.07) is 6.08. The van der Waals surface area contributed by atoms with Crippen molar-refractivity contribution in [2.24, 2.45) is 0 Å². The molecule has 0 saturated carbocycles. The standard InChI is InChI=1S/C14H16ClNO4S/c1-3-20-14(17)12-8-9-16(21(2,18)19)13(12)10-4-6-11(15)7-5-10/h4-8,13H,3,9H2,1-2H3. The van der Waals surface area contributed by atoms with Gasteiger partial charge >= 0.3 is 5.97 Å². The number of sulfonamides is 1. The highest BCUT2D eigenvalue weighted by molar-refractivity contribution is 7.88. The number of hydrogen-bond acceptors (Lipinski definition) is 4. The lowest BCUT2D eigenvalue weighted by Gasteiger charge is -2.24. The number of rotatable bonds is 4. The second kappa shape index (κ2) is 6.17. The smallest absolute Gasteiger partial charge is 0.335 e. The average molecular weight is 330 g/mol. The molecule has 7 heteroatoms. The van der Waals surface area contributed by atoms with Crippen LogP contribution in [0.5, 0.6) is 0 Å². The number of nitrogens with zero attached hydrogens (tertiary/aromatic N) is 1. The number of esters is 1. The van der Waals surface area contributed by atoms with Crippen molar-refractivity contribution in [2.75, 3.05) is 19.4 Å². The molecule has 1 aliphatic heterocycles. The van der Waals surface area contributed by atoms with Crippen LogP contribution in [0.1, 0.15) is 18.5 Å². The van der Waals surface area contributed by atoms with Gasteiger partial charge in [-0.25, -0.2) is 13.2 Å². The Morgan fingerprint density at radius 2 is 2.00 bits per heavy atom. The molecule has 0 fully saturated rings. The zero-order chi connectivity index (χ0) is 15.6. The van der Waals surface area contributed by atoms with Crippen LogP contribution in [0.25, 0.3) is 0 Å². The van der Waals surface area contributed by atoms with E-state index in [0.717, 1.165) is 6.26 Å². The van der Waals surface area contributed by atoms with Crippen molar-refractivity contribution in [1.82, 2.24) is 4.31 Å². The van der Waals surface area contributed by atoms with Crippen LogP contribution in [0, 0.1) is 0 Å². The number of benzene rings is 1. The summed E-state index contributed by atoms with van der Waals surface area (Å²) in [6.45, 7) is 2.10. The lowest BCUT2D eigenvalue weighted by atomic mass is 10.0. The van der Waals surface area contributed by atoms with Crippen molar-refractivity contribution >= 4 is 27.6 Å². The molecule has 1 aromatic carbocycles. The molecular weight excluding hydrogens is 314 g/mol. The first-order valence-corrected chi connectivity index (χ1v) is 8.66. The van der Waals surface area contributed by atoms with Gasteiger partial charge in [0.15, 0.2) is 0 Å². The van der Waals surface area contributed by atoms with Gasteiger partial charge in [0, 0.05) is 11.6 Å². The van der Waals surface area contributed by atoms with Crippen LogP contribution >= 0.6 is 11.6 Å². The van der Waals surface area contributed by atoms with Gasteiger partial charge in [-0.3, -0.25) is 0 Å². The van der Waals surface area contributed by atoms with Gasteiger partial charge in [0.05, 0.1) is 24.5 Å². The molecule has 0 radical (unpaired) electrons. The number of hydrogen-bond donors (Lipinski definition) is 0. The van der Waals surface area contributed by atoms with E-state index in [1.54, 1.807) is 37.3 Å². The van der Waals surface area contributed by atoms with Gasteiger partial charge in [-0.05, 0) is 24.6 Å². The molecular formula is C14H16ClNO4S. The molecule has 0 aliphatic carbocycles. The third-order valence-corrected chi connectivity index (χ3v) is 4.66. The van der Waals surface area contributed by atoms with E-state index in [1.807, 2.05) is 0 Å². The first-order valence-electron chi connectivity index (χ1n) is 6.44. The SMILES string of the molecule is CCOC(=O)C1=CCN(S(C)(=O)=O)C1c1ccc(Cl)cc1. The third kappa shape index (κ3) is 3.45. The number of carbonyl (C=O) groups is 1. The summed E-state index contributed by atoms with van der Waals surface area (Å²) < 4.78 is 30.1. The normalized spacial score (nSPS) is 19.4. The Balaban J connectivity index is 2.43. The van der Waals surface area contributed by atoms with E-state index >= 15 is 0 Å². The minimum absolute atomic E-state index is 0.153. The second-order valence-electron chi connectivity index (χ2n) is 4.67. The van der Waals surface area contributed by atoms with Crippen LogP contribution in [0.3, 0.4) is 0 Å². The van der Waals surface area contributed by atoms with Gasteiger partial charge in [0.25, 0.3) is 0 Å². The Bertz CT molecular complexity index is 667. The predicted octanol–water partition coefficient (Wildman–Crippen LogP) is 2.15. The zero-order valence-electron chi connectivity index (χ0n) is 11.7. The summed E-state index contributed by atoms with van der Waals surface area (Å²) in [5, 5.41) is 0.546. The maximum absolute atomic E-state index is 12.0. The molecule has 1 heterocycles. The van der Waals surface area contributed by atoms with E-state index in [1.165, 1.54) is 4.31 Å². The maximum Gasteiger partial charge on any atom is 0.335 e. The molecule has 21 heavy (non-hydrogen) atoms. The van der Waals surface area contributed by atoms with Gasteiger partial charge in [0.2, 0.25) is 10.0 Å². The van der Waals surface area contributed by atoms with Crippen LogP contribution in [-0.4, -0.2) is 38.1 Å². The van der Waals surface area contributed by atoms with Crippen molar-refractivity contribution in [3.8, 4) is 0 Å². The van der Waals surface area contributed by atoms with Crippen LogP contribution in [0.4, 0.5) is 0 Å². The van der Waals surface area contributed by atoms with Crippen molar-refractivity contribution in [3.05, 3.63) is 46.5 Å². The molecule has 114 valence electrons. The van der Waals surface area contributed by atoms with E-state index in [9.17, 15) is 13.2 Å². The number of ether oxygens (including phenoxy) is 1. The summed E-state index contributed by atoms with van der Waals surface area (Å²) in [7, 11) is -3.45. The van der Waals surface area contributed by atoms with E-state index in [0.29, 0.717) is 16.2 Å². The van der Waals surface area contributed by atoms with Crippen LogP contribution < -0.4 is 0 Å². The Kier molecular flexibility index (Phi) is 4.70. The van der Waals surface area contributed by atoms with Gasteiger partial charge in [-0.1, -0.05) is 29.8 Å². The van der Waals surface area contributed by atoms with Gasteiger partial charge in [-0.15, -0.1) is 0 Å². The van der Waals surface area contributed by atoms with Crippen molar-refractivity contribution in [1.29, 1.82) is 0 Å². The Morgan fingerprint density at radius 1 is 1.38 bits per heavy atom. The molecule has 0 spiro atoms. The van der Waals surface area contributed by atoms with E-state index in [2.05, 4.69) is 0 Å². The zero-order valence-corrected chi connectivity index (χ0v) is 13.3. The molecule has 0 amide bonds. The first-order chi connectivity index (χ1) is 9.84. The summed E-state index contributed by atoms with van der Waals surface area (Å²) in [4.78, 5) is 12.0. The summed E-state index contributed by atoms with van der Waals surface area (Å²) in [6.07, 6.45) is 2.72. The average Bonchev–Trinajstić information content (AvgIpc) is 2.84. The molecule has 0 saturated heterocycles. The molecule has 2 rings (SSSR count). The van der Waals surface area contributed by atoms with Gasteiger partial charge < -0.3 is 4.74 Å². The highest BCUT2D eigenvalue weighted by atomic mass is 35.5. The fourth-order valence-corrected chi connectivity index (χ4v) is 3.38.